The minimum atomic E-state index is -0.865. The highest BCUT2D eigenvalue weighted by Gasteiger charge is 2.28. The summed E-state index contributed by atoms with van der Waals surface area (Å²) in [5.74, 6) is 0. The highest BCUT2D eigenvalue weighted by molar-refractivity contribution is 6.20. The van der Waals surface area contributed by atoms with Crippen molar-refractivity contribution >= 4 is 11.6 Å². The maximum atomic E-state index is 9.45. The average molecular weight is 257 g/mol. The van der Waals surface area contributed by atoms with Gasteiger partial charge in [-0.15, -0.1) is 11.6 Å². The Hall–Kier alpha value is -0.610. The largest absolute Gasteiger partial charge is 0.374 e. The molecule has 94 valence electrons. The number of alkyl halides is 1. The lowest BCUT2D eigenvalue weighted by atomic mass is 10.1. The van der Waals surface area contributed by atoms with Crippen LogP contribution in [0.1, 0.15) is 18.4 Å². The molecule has 3 unspecified atom stereocenters. The number of ether oxygens (including phenoxy) is 2. The van der Waals surface area contributed by atoms with Crippen molar-refractivity contribution in [3.05, 3.63) is 35.9 Å². The fraction of sp³-hybridized carbons (Fsp3) is 0.538. The standard InChI is InChI=1S/C13H17ClO3/c14-12-7-6-11(17-13(12)15)9-16-8-10-4-2-1-3-5-10/h1-5,11-13,15H,6-9H2. The monoisotopic (exact) mass is 256 g/mol. The van der Waals surface area contributed by atoms with Gasteiger partial charge in [-0.1, -0.05) is 30.3 Å². The van der Waals surface area contributed by atoms with Gasteiger partial charge in [-0.25, -0.2) is 0 Å². The van der Waals surface area contributed by atoms with Gasteiger partial charge in [-0.2, -0.15) is 0 Å². The summed E-state index contributed by atoms with van der Waals surface area (Å²) in [6, 6.07) is 9.98. The minimum Gasteiger partial charge on any atom is -0.374 e. The van der Waals surface area contributed by atoms with E-state index in [-0.39, 0.29) is 11.5 Å². The van der Waals surface area contributed by atoms with Crippen LogP contribution in [-0.2, 0) is 16.1 Å². The van der Waals surface area contributed by atoms with Crippen LogP contribution < -0.4 is 0 Å². The molecule has 1 heterocycles. The van der Waals surface area contributed by atoms with Crippen LogP contribution in [0.2, 0.25) is 0 Å². The minimum absolute atomic E-state index is 0.0521. The van der Waals surface area contributed by atoms with E-state index in [1.54, 1.807) is 0 Å². The summed E-state index contributed by atoms with van der Waals surface area (Å²) < 4.78 is 10.9. The maximum Gasteiger partial charge on any atom is 0.171 e. The predicted octanol–water partition coefficient (Wildman–Crippen LogP) is 2.31. The second-order valence-corrected chi connectivity index (χ2v) is 4.80. The fourth-order valence-corrected chi connectivity index (χ4v) is 2.03. The summed E-state index contributed by atoms with van der Waals surface area (Å²) in [5, 5.41) is 9.16. The number of hydrogen-bond acceptors (Lipinski definition) is 3. The number of benzene rings is 1. The van der Waals surface area contributed by atoms with Crippen LogP contribution in [0.25, 0.3) is 0 Å². The van der Waals surface area contributed by atoms with Crippen LogP contribution in [-0.4, -0.2) is 29.5 Å². The smallest absolute Gasteiger partial charge is 0.171 e. The molecule has 2 rings (SSSR count). The van der Waals surface area contributed by atoms with E-state index in [0.29, 0.717) is 13.2 Å². The van der Waals surface area contributed by atoms with Gasteiger partial charge < -0.3 is 14.6 Å². The van der Waals surface area contributed by atoms with Gasteiger partial charge in [0, 0.05) is 0 Å². The van der Waals surface area contributed by atoms with Crippen molar-refractivity contribution in [3.63, 3.8) is 0 Å². The van der Waals surface area contributed by atoms with Crippen molar-refractivity contribution in [1.29, 1.82) is 0 Å². The Balaban J connectivity index is 1.69. The first kappa shape index (κ1) is 12.8. The van der Waals surface area contributed by atoms with Crippen molar-refractivity contribution in [2.45, 2.75) is 37.2 Å². The topological polar surface area (TPSA) is 38.7 Å². The quantitative estimate of drug-likeness (QED) is 0.841. The van der Waals surface area contributed by atoms with Gasteiger partial charge in [-0.3, -0.25) is 0 Å². The third-order valence-corrected chi connectivity index (χ3v) is 3.25. The first-order valence-electron chi connectivity index (χ1n) is 5.85. The number of aliphatic hydroxyl groups excluding tert-OH is 1. The Morgan fingerprint density at radius 2 is 2.06 bits per heavy atom. The van der Waals surface area contributed by atoms with Crippen molar-refractivity contribution in [2.24, 2.45) is 0 Å². The van der Waals surface area contributed by atoms with E-state index in [9.17, 15) is 5.11 Å². The van der Waals surface area contributed by atoms with E-state index in [1.807, 2.05) is 30.3 Å². The molecule has 1 aliphatic heterocycles. The van der Waals surface area contributed by atoms with E-state index in [4.69, 9.17) is 21.1 Å². The third-order valence-electron chi connectivity index (χ3n) is 2.82. The molecule has 1 N–H and O–H groups in total. The Bertz CT molecular complexity index is 331. The van der Waals surface area contributed by atoms with Crippen LogP contribution in [0.15, 0.2) is 30.3 Å². The molecule has 17 heavy (non-hydrogen) atoms. The maximum absolute atomic E-state index is 9.45. The molecule has 0 spiro atoms. The molecule has 0 bridgehead atoms. The molecule has 3 atom stereocenters. The highest BCUT2D eigenvalue weighted by atomic mass is 35.5. The Morgan fingerprint density at radius 3 is 2.76 bits per heavy atom. The summed E-state index contributed by atoms with van der Waals surface area (Å²) in [6.07, 6.45) is 0.682. The molecule has 0 saturated carbocycles. The summed E-state index contributed by atoms with van der Waals surface area (Å²) in [6.45, 7) is 1.07. The normalized spacial score (nSPS) is 29.2. The zero-order valence-electron chi connectivity index (χ0n) is 9.59. The summed E-state index contributed by atoms with van der Waals surface area (Å²) in [5.41, 5.74) is 1.14. The van der Waals surface area contributed by atoms with Gasteiger partial charge >= 0.3 is 0 Å². The molecule has 0 radical (unpaired) electrons. The predicted molar refractivity (Wildman–Crippen MR) is 65.9 cm³/mol. The van der Waals surface area contributed by atoms with E-state index in [0.717, 1.165) is 18.4 Å². The molecule has 1 aromatic carbocycles. The van der Waals surface area contributed by atoms with Crippen molar-refractivity contribution in [1.82, 2.24) is 0 Å². The van der Waals surface area contributed by atoms with Crippen LogP contribution in [0.4, 0.5) is 0 Å². The number of rotatable bonds is 4. The molecule has 1 saturated heterocycles. The first-order valence-corrected chi connectivity index (χ1v) is 6.28. The molecule has 4 heteroatoms. The van der Waals surface area contributed by atoms with E-state index < -0.39 is 6.29 Å². The molecule has 0 aliphatic carbocycles. The zero-order valence-corrected chi connectivity index (χ0v) is 10.3. The SMILES string of the molecule is OC1OC(COCc2ccccc2)CCC1Cl. The molecule has 1 aliphatic rings. The molecule has 1 fully saturated rings. The lowest BCUT2D eigenvalue weighted by Gasteiger charge is -2.30. The summed E-state index contributed by atoms with van der Waals surface area (Å²) >= 11 is 5.85. The molecule has 0 aromatic heterocycles. The Morgan fingerprint density at radius 1 is 1.29 bits per heavy atom. The second-order valence-electron chi connectivity index (χ2n) is 4.24. The third kappa shape index (κ3) is 3.96. The van der Waals surface area contributed by atoms with Gasteiger partial charge in [0.25, 0.3) is 0 Å². The lowest BCUT2D eigenvalue weighted by Crippen LogP contribution is -2.37. The molecular formula is C13H17ClO3. The van der Waals surface area contributed by atoms with Gasteiger partial charge in [0.05, 0.1) is 24.7 Å². The number of aliphatic hydroxyl groups is 1. The fourth-order valence-electron chi connectivity index (χ4n) is 1.84. The van der Waals surface area contributed by atoms with Crippen LogP contribution >= 0.6 is 11.6 Å². The van der Waals surface area contributed by atoms with E-state index in [2.05, 4.69) is 0 Å². The first-order chi connectivity index (χ1) is 8.25. The van der Waals surface area contributed by atoms with Crippen LogP contribution in [0.3, 0.4) is 0 Å². The van der Waals surface area contributed by atoms with Crippen LogP contribution in [0, 0.1) is 0 Å². The molecule has 1 aromatic rings. The van der Waals surface area contributed by atoms with Gasteiger partial charge in [0.2, 0.25) is 0 Å². The Labute approximate surface area is 106 Å². The Kier molecular flexibility index (Phi) is 4.80. The average Bonchev–Trinajstić information content (AvgIpc) is 2.35. The van der Waals surface area contributed by atoms with Crippen molar-refractivity contribution in [3.8, 4) is 0 Å². The molecule has 0 amide bonds. The van der Waals surface area contributed by atoms with E-state index >= 15 is 0 Å². The molecule has 3 nitrogen and oxygen atoms in total. The lowest BCUT2D eigenvalue weighted by molar-refractivity contribution is -0.175. The second kappa shape index (κ2) is 6.36. The summed E-state index contributed by atoms with van der Waals surface area (Å²) in [4.78, 5) is 0. The highest BCUT2D eigenvalue weighted by Crippen LogP contribution is 2.22. The van der Waals surface area contributed by atoms with Gasteiger partial charge in [-0.05, 0) is 18.4 Å². The van der Waals surface area contributed by atoms with Gasteiger partial charge in [0.1, 0.15) is 0 Å². The number of hydrogen-bond donors (Lipinski definition) is 1. The van der Waals surface area contributed by atoms with Crippen molar-refractivity contribution < 1.29 is 14.6 Å². The van der Waals surface area contributed by atoms with Crippen LogP contribution in [0.5, 0.6) is 0 Å². The summed E-state index contributed by atoms with van der Waals surface area (Å²) in [7, 11) is 0. The number of halogens is 1. The van der Waals surface area contributed by atoms with Crippen molar-refractivity contribution in [2.75, 3.05) is 6.61 Å². The zero-order chi connectivity index (χ0) is 12.1. The van der Waals surface area contributed by atoms with Gasteiger partial charge in [0.15, 0.2) is 6.29 Å². The molecular weight excluding hydrogens is 240 g/mol. The van der Waals surface area contributed by atoms with E-state index in [1.165, 1.54) is 0 Å².